The van der Waals surface area contributed by atoms with Crippen LogP contribution in [0, 0.1) is 0 Å². The van der Waals surface area contributed by atoms with E-state index in [0.717, 1.165) is 30.7 Å². The molecule has 3 rings (SSSR count). The largest absolute Gasteiger partial charge is 0.471 e. The van der Waals surface area contributed by atoms with Crippen molar-refractivity contribution in [2.75, 3.05) is 13.1 Å². The molecule has 1 aliphatic heterocycles. The first-order chi connectivity index (χ1) is 9.04. The molecule has 5 heteroatoms. The van der Waals surface area contributed by atoms with Gasteiger partial charge in [-0.15, -0.1) is 0 Å². The lowest BCUT2D eigenvalue weighted by atomic mass is 9.92. The number of rotatable bonds is 2. The van der Waals surface area contributed by atoms with Gasteiger partial charge in [-0.2, -0.15) is 5.10 Å². The molecule has 19 heavy (non-hydrogen) atoms. The molecule has 3 heterocycles. The van der Waals surface area contributed by atoms with E-state index in [4.69, 9.17) is 4.74 Å². The topological polar surface area (TPSA) is 51.5 Å². The molecule has 0 saturated carbocycles. The van der Waals surface area contributed by atoms with Gasteiger partial charge in [0, 0.05) is 24.4 Å². The summed E-state index contributed by atoms with van der Waals surface area (Å²) in [6.07, 6.45) is 4.85. The van der Waals surface area contributed by atoms with Crippen LogP contribution in [-0.2, 0) is 5.41 Å². The van der Waals surface area contributed by atoms with E-state index < -0.39 is 0 Å². The third-order valence-electron chi connectivity index (χ3n) is 3.42. The molecule has 0 spiro atoms. The van der Waals surface area contributed by atoms with Gasteiger partial charge in [0.15, 0.2) is 0 Å². The molecule has 1 atom stereocenters. The maximum absolute atomic E-state index is 5.98. The lowest BCUT2D eigenvalue weighted by Crippen LogP contribution is -2.20. The van der Waals surface area contributed by atoms with Crippen molar-refractivity contribution in [3.63, 3.8) is 0 Å². The molecule has 0 aromatic carbocycles. The molecule has 1 saturated heterocycles. The highest BCUT2D eigenvalue weighted by molar-refractivity contribution is 5.57. The Hall–Kier alpha value is -1.62. The highest BCUT2D eigenvalue weighted by atomic mass is 16.5. The Labute approximate surface area is 113 Å². The first kappa shape index (κ1) is 12.4. The van der Waals surface area contributed by atoms with Crippen molar-refractivity contribution < 1.29 is 4.74 Å². The standard InChI is InChI=1S/C14H20N4O/c1-14(2,3)12-8-11-13(16-6-7-18(11)17-12)19-10-4-5-15-9-10/h6-8,10,15H,4-5,9H2,1-3H3. The molecule has 0 radical (unpaired) electrons. The van der Waals surface area contributed by atoms with Crippen LogP contribution in [0.25, 0.3) is 5.52 Å². The van der Waals surface area contributed by atoms with E-state index in [1.54, 1.807) is 6.20 Å². The summed E-state index contributed by atoms with van der Waals surface area (Å²) in [6, 6.07) is 2.07. The predicted octanol–water partition coefficient (Wildman–Crippen LogP) is 1.77. The highest BCUT2D eigenvalue weighted by Gasteiger charge is 2.21. The quantitative estimate of drug-likeness (QED) is 0.894. The zero-order chi connectivity index (χ0) is 13.5. The summed E-state index contributed by atoms with van der Waals surface area (Å²) >= 11 is 0. The van der Waals surface area contributed by atoms with Crippen LogP contribution in [0.4, 0.5) is 0 Å². The zero-order valence-electron chi connectivity index (χ0n) is 11.7. The second kappa shape index (κ2) is 4.49. The Morgan fingerprint density at radius 2 is 2.26 bits per heavy atom. The number of hydrogen-bond donors (Lipinski definition) is 1. The van der Waals surface area contributed by atoms with Crippen molar-refractivity contribution in [3.05, 3.63) is 24.2 Å². The predicted molar refractivity (Wildman–Crippen MR) is 73.6 cm³/mol. The highest BCUT2D eigenvalue weighted by Crippen LogP contribution is 2.26. The van der Waals surface area contributed by atoms with E-state index in [1.807, 2.05) is 10.7 Å². The fourth-order valence-corrected chi connectivity index (χ4v) is 2.24. The smallest absolute Gasteiger partial charge is 0.240 e. The van der Waals surface area contributed by atoms with E-state index in [1.165, 1.54) is 0 Å². The van der Waals surface area contributed by atoms with E-state index in [2.05, 4.69) is 42.2 Å². The van der Waals surface area contributed by atoms with Crippen LogP contribution in [0.5, 0.6) is 5.88 Å². The van der Waals surface area contributed by atoms with E-state index in [9.17, 15) is 0 Å². The van der Waals surface area contributed by atoms with Gasteiger partial charge in [-0.05, 0) is 19.0 Å². The fourth-order valence-electron chi connectivity index (χ4n) is 2.24. The average molecular weight is 260 g/mol. The second-order valence-electron chi connectivity index (χ2n) is 6.07. The summed E-state index contributed by atoms with van der Waals surface area (Å²) in [4.78, 5) is 4.35. The van der Waals surface area contributed by atoms with Crippen LogP contribution in [0.3, 0.4) is 0 Å². The Bertz CT molecular complexity index is 579. The lowest BCUT2D eigenvalue weighted by Gasteiger charge is -2.13. The number of fused-ring (bicyclic) bond motifs is 1. The number of ether oxygens (including phenoxy) is 1. The fraction of sp³-hybridized carbons (Fsp3) is 0.571. The van der Waals surface area contributed by atoms with Gasteiger partial charge in [-0.25, -0.2) is 9.50 Å². The molecule has 1 fully saturated rings. The minimum atomic E-state index is 0.0260. The van der Waals surface area contributed by atoms with E-state index >= 15 is 0 Å². The second-order valence-corrected chi connectivity index (χ2v) is 6.07. The Morgan fingerprint density at radius 3 is 2.95 bits per heavy atom. The van der Waals surface area contributed by atoms with E-state index in [-0.39, 0.29) is 11.5 Å². The Kier molecular flexibility index (Phi) is 2.93. The molecule has 0 bridgehead atoms. The van der Waals surface area contributed by atoms with Gasteiger partial charge in [0.25, 0.3) is 0 Å². The van der Waals surface area contributed by atoms with Gasteiger partial charge in [0.05, 0.1) is 5.69 Å². The molecule has 2 aromatic rings. The number of nitrogens with zero attached hydrogens (tertiary/aromatic N) is 3. The SMILES string of the molecule is CC(C)(C)c1cc2c(OC3CCNC3)nccn2n1. The summed E-state index contributed by atoms with van der Waals surface area (Å²) in [5.41, 5.74) is 2.02. The van der Waals surface area contributed by atoms with Crippen molar-refractivity contribution in [1.29, 1.82) is 0 Å². The molecule has 5 nitrogen and oxygen atoms in total. The van der Waals surface area contributed by atoms with Gasteiger partial charge in [-0.3, -0.25) is 0 Å². The molecule has 0 amide bonds. The average Bonchev–Trinajstić information content (AvgIpc) is 2.96. The van der Waals surface area contributed by atoms with Gasteiger partial charge in [-0.1, -0.05) is 20.8 Å². The number of nitrogens with one attached hydrogen (secondary N) is 1. The van der Waals surface area contributed by atoms with Crippen LogP contribution < -0.4 is 10.1 Å². The molecule has 102 valence electrons. The van der Waals surface area contributed by atoms with Crippen LogP contribution in [-0.4, -0.2) is 33.8 Å². The maximum Gasteiger partial charge on any atom is 0.240 e. The van der Waals surface area contributed by atoms with Gasteiger partial charge >= 0.3 is 0 Å². The van der Waals surface area contributed by atoms with Crippen LogP contribution in [0.2, 0.25) is 0 Å². The summed E-state index contributed by atoms with van der Waals surface area (Å²) in [6.45, 7) is 8.38. The molecular formula is C14H20N4O. The summed E-state index contributed by atoms with van der Waals surface area (Å²) in [5.74, 6) is 0.680. The Balaban J connectivity index is 1.97. The van der Waals surface area contributed by atoms with Crippen LogP contribution >= 0.6 is 0 Å². The third-order valence-corrected chi connectivity index (χ3v) is 3.42. The van der Waals surface area contributed by atoms with Crippen LogP contribution in [0.15, 0.2) is 18.5 Å². The van der Waals surface area contributed by atoms with Gasteiger partial charge < -0.3 is 10.1 Å². The molecular weight excluding hydrogens is 240 g/mol. The lowest BCUT2D eigenvalue weighted by molar-refractivity contribution is 0.216. The number of aromatic nitrogens is 3. The van der Waals surface area contributed by atoms with Crippen molar-refractivity contribution in [2.24, 2.45) is 0 Å². The van der Waals surface area contributed by atoms with Crippen LogP contribution in [0.1, 0.15) is 32.9 Å². The molecule has 1 N–H and O–H groups in total. The minimum absolute atomic E-state index is 0.0260. The van der Waals surface area contributed by atoms with Crippen molar-refractivity contribution >= 4 is 5.52 Å². The van der Waals surface area contributed by atoms with Crippen molar-refractivity contribution in [2.45, 2.75) is 38.7 Å². The number of hydrogen-bond acceptors (Lipinski definition) is 4. The van der Waals surface area contributed by atoms with Gasteiger partial charge in [0.2, 0.25) is 5.88 Å². The normalized spacial score (nSPS) is 20.1. The van der Waals surface area contributed by atoms with Crippen molar-refractivity contribution in [3.8, 4) is 5.88 Å². The first-order valence-electron chi connectivity index (χ1n) is 6.76. The van der Waals surface area contributed by atoms with E-state index in [0.29, 0.717) is 5.88 Å². The summed E-state index contributed by atoms with van der Waals surface area (Å²) in [5, 5.41) is 7.90. The Morgan fingerprint density at radius 1 is 1.42 bits per heavy atom. The minimum Gasteiger partial charge on any atom is -0.471 e. The molecule has 1 unspecified atom stereocenters. The third kappa shape index (κ3) is 2.42. The zero-order valence-corrected chi connectivity index (χ0v) is 11.7. The van der Waals surface area contributed by atoms with Gasteiger partial charge in [0.1, 0.15) is 11.6 Å². The maximum atomic E-state index is 5.98. The molecule has 0 aliphatic carbocycles. The monoisotopic (exact) mass is 260 g/mol. The first-order valence-corrected chi connectivity index (χ1v) is 6.76. The molecule has 2 aromatic heterocycles. The summed E-state index contributed by atoms with van der Waals surface area (Å²) < 4.78 is 7.83. The summed E-state index contributed by atoms with van der Waals surface area (Å²) in [7, 11) is 0. The molecule has 1 aliphatic rings. The van der Waals surface area contributed by atoms with Crippen molar-refractivity contribution in [1.82, 2.24) is 19.9 Å².